The lowest BCUT2D eigenvalue weighted by atomic mass is 10.2. The Labute approximate surface area is 144 Å². The summed E-state index contributed by atoms with van der Waals surface area (Å²) in [5, 5.41) is 6.90. The van der Waals surface area contributed by atoms with E-state index in [0.717, 1.165) is 16.0 Å². The van der Waals surface area contributed by atoms with E-state index in [1.807, 2.05) is 38.1 Å². The molecule has 0 spiro atoms. The molecule has 1 amide bonds. The standard InChI is InChI=1S/C18H20N4O3/c1-13-7-3-4-8-15(13)25-14(2)11-19-17(23)12-22-18(24)21-10-6-5-9-16(21)20-22/h3-10,14H,11-12H2,1-2H3,(H,19,23)/t14-/m1/s1. The van der Waals surface area contributed by atoms with Crippen molar-refractivity contribution in [2.24, 2.45) is 0 Å². The van der Waals surface area contributed by atoms with E-state index in [2.05, 4.69) is 10.4 Å². The third kappa shape index (κ3) is 3.88. The number of rotatable bonds is 6. The average molecular weight is 340 g/mol. The number of hydrogen-bond acceptors (Lipinski definition) is 4. The largest absolute Gasteiger partial charge is 0.489 e. The first-order valence-electron chi connectivity index (χ1n) is 8.08. The molecule has 0 aliphatic rings. The first-order chi connectivity index (χ1) is 12.0. The monoisotopic (exact) mass is 340 g/mol. The second-order valence-corrected chi connectivity index (χ2v) is 5.87. The molecule has 7 nitrogen and oxygen atoms in total. The number of carbonyl (C=O) groups is 1. The molecule has 1 aromatic carbocycles. The van der Waals surface area contributed by atoms with Gasteiger partial charge in [0.05, 0.1) is 6.54 Å². The van der Waals surface area contributed by atoms with E-state index in [1.54, 1.807) is 24.4 Å². The van der Waals surface area contributed by atoms with E-state index >= 15 is 0 Å². The lowest BCUT2D eigenvalue weighted by Crippen LogP contribution is -2.37. The van der Waals surface area contributed by atoms with Crippen molar-refractivity contribution in [3.63, 3.8) is 0 Å². The van der Waals surface area contributed by atoms with Gasteiger partial charge in [-0.1, -0.05) is 24.3 Å². The van der Waals surface area contributed by atoms with Gasteiger partial charge in [-0.2, -0.15) is 0 Å². The Hall–Kier alpha value is -3.09. The van der Waals surface area contributed by atoms with Gasteiger partial charge in [0.15, 0.2) is 5.65 Å². The lowest BCUT2D eigenvalue weighted by Gasteiger charge is -2.16. The summed E-state index contributed by atoms with van der Waals surface area (Å²) in [7, 11) is 0. The summed E-state index contributed by atoms with van der Waals surface area (Å²) in [6.45, 7) is 4.06. The van der Waals surface area contributed by atoms with Gasteiger partial charge < -0.3 is 10.1 Å². The van der Waals surface area contributed by atoms with Crippen molar-refractivity contribution in [1.29, 1.82) is 0 Å². The predicted molar refractivity (Wildman–Crippen MR) is 93.7 cm³/mol. The number of benzene rings is 1. The Bertz CT molecular complexity index is 945. The van der Waals surface area contributed by atoms with Crippen LogP contribution in [0.1, 0.15) is 12.5 Å². The molecule has 3 rings (SSSR count). The van der Waals surface area contributed by atoms with E-state index in [-0.39, 0.29) is 24.2 Å². The van der Waals surface area contributed by atoms with Gasteiger partial charge in [-0.25, -0.2) is 9.48 Å². The molecular formula is C18H20N4O3. The van der Waals surface area contributed by atoms with Gasteiger partial charge in [0, 0.05) is 6.20 Å². The number of nitrogens with one attached hydrogen (secondary N) is 1. The van der Waals surface area contributed by atoms with Crippen LogP contribution in [0.4, 0.5) is 0 Å². The summed E-state index contributed by atoms with van der Waals surface area (Å²) in [6, 6.07) is 13.0. The normalized spacial score (nSPS) is 12.1. The zero-order valence-electron chi connectivity index (χ0n) is 14.2. The van der Waals surface area contributed by atoms with E-state index in [0.29, 0.717) is 12.2 Å². The Morgan fingerprint density at radius 2 is 2.00 bits per heavy atom. The van der Waals surface area contributed by atoms with E-state index in [1.165, 1.54) is 4.40 Å². The molecule has 0 saturated carbocycles. The lowest BCUT2D eigenvalue weighted by molar-refractivity contribution is -0.122. The number of amides is 1. The number of nitrogens with zero attached hydrogens (tertiary/aromatic N) is 3. The molecule has 2 aromatic heterocycles. The van der Waals surface area contributed by atoms with Crippen LogP contribution in [0.25, 0.3) is 5.65 Å². The van der Waals surface area contributed by atoms with Crippen LogP contribution in [0, 0.1) is 6.92 Å². The van der Waals surface area contributed by atoms with Gasteiger partial charge in [0.1, 0.15) is 18.4 Å². The topological polar surface area (TPSA) is 77.6 Å². The van der Waals surface area contributed by atoms with Gasteiger partial charge in [-0.05, 0) is 37.6 Å². The molecule has 0 bridgehead atoms. The molecule has 2 heterocycles. The zero-order chi connectivity index (χ0) is 17.8. The van der Waals surface area contributed by atoms with Crippen LogP contribution in [-0.2, 0) is 11.3 Å². The first-order valence-corrected chi connectivity index (χ1v) is 8.08. The Morgan fingerprint density at radius 1 is 1.24 bits per heavy atom. The molecule has 0 saturated heterocycles. The second-order valence-electron chi connectivity index (χ2n) is 5.87. The molecule has 0 aliphatic heterocycles. The minimum Gasteiger partial charge on any atom is -0.489 e. The van der Waals surface area contributed by atoms with E-state index in [4.69, 9.17) is 4.74 Å². The van der Waals surface area contributed by atoms with Gasteiger partial charge in [-0.3, -0.25) is 9.20 Å². The number of aryl methyl sites for hydroxylation is 1. The summed E-state index contributed by atoms with van der Waals surface area (Å²) in [6.07, 6.45) is 1.43. The van der Waals surface area contributed by atoms with Crippen molar-refractivity contribution >= 4 is 11.6 Å². The first kappa shape index (κ1) is 16.8. The van der Waals surface area contributed by atoms with Crippen LogP contribution in [0.5, 0.6) is 5.75 Å². The van der Waals surface area contributed by atoms with Crippen molar-refractivity contribution in [2.75, 3.05) is 6.54 Å². The molecule has 1 N–H and O–H groups in total. The maximum absolute atomic E-state index is 12.1. The van der Waals surface area contributed by atoms with Gasteiger partial charge in [-0.15, -0.1) is 5.10 Å². The van der Waals surface area contributed by atoms with Crippen molar-refractivity contribution in [3.8, 4) is 5.75 Å². The number of fused-ring (bicyclic) bond motifs is 1. The molecule has 25 heavy (non-hydrogen) atoms. The smallest absolute Gasteiger partial charge is 0.350 e. The van der Waals surface area contributed by atoms with Crippen LogP contribution in [-0.4, -0.2) is 32.7 Å². The number of pyridine rings is 1. The van der Waals surface area contributed by atoms with Crippen LogP contribution in [0.2, 0.25) is 0 Å². The highest BCUT2D eigenvalue weighted by molar-refractivity contribution is 5.75. The van der Waals surface area contributed by atoms with Crippen LogP contribution < -0.4 is 15.7 Å². The maximum Gasteiger partial charge on any atom is 0.350 e. The number of ether oxygens (including phenoxy) is 1. The number of para-hydroxylation sites is 1. The number of hydrogen-bond donors (Lipinski definition) is 1. The summed E-state index contributed by atoms with van der Waals surface area (Å²) in [4.78, 5) is 24.2. The predicted octanol–water partition coefficient (Wildman–Crippen LogP) is 1.39. The fourth-order valence-electron chi connectivity index (χ4n) is 2.47. The number of carbonyl (C=O) groups excluding carboxylic acids is 1. The van der Waals surface area contributed by atoms with Crippen molar-refractivity contribution in [3.05, 3.63) is 64.7 Å². The molecule has 7 heteroatoms. The molecule has 0 aliphatic carbocycles. The SMILES string of the molecule is Cc1ccccc1O[C@H](C)CNC(=O)Cn1nc2ccccn2c1=O. The summed E-state index contributed by atoms with van der Waals surface area (Å²) in [5.74, 6) is 0.506. The number of aromatic nitrogens is 3. The Balaban J connectivity index is 1.56. The molecule has 0 unspecified atom stereocenters. The van der Waals surface area contributed by atoms with Gasteiger partial charge in [0.25, 0.3) is 0 Å². The molecule has 3 aromatic rings. The summed E-state index contributed by atoms with van der Waals surface area (Å²) < 4.78 is 8.36. The summed E-state index contributed by atoms with van der Waals surface area (Å²) >= 11 is 0. The van der Waals surface area contributed by atoms with Crippen LogP contribution in [0.3, 0.4) is 0 Å². The quantitative estimate of drug-likeness (QED) is 0.735. The van der Waals surface area contributed by atoms with Gasteiger partial charge >= 0.3 is 5.69 Å². The highest BCUT2D eigenvalue weighted by Gasteiger charge is 2.12. The van der Waals surface area contributed by atoms with Crippen LogP contribution >= 0.6 is 0 Å². The van der Waals surface area contributed by atoms with E-state index < -0.39 is 0 Å². The van der Waals surface area contributed by atoms with Gasteiger partial charge in [0.2, 0.25) is 5.91 Å². The fourth-order valence-corrected chi connectivity index (χ4v) is 2.47. The third-order valence-electron chi connectivity index (χ3n) is 3.79. The molecule has 0 radical (unpaired) electrons. The average Bonchev–Trinajstić information content (AvgIpc) is 2.91. The van der Waals surface area contributed by atoms with Crippen molar-refractivity contribution in [2.45, 2.75) is 26.5 Å². The molecular weight excluding hydrogens is 320 g/mol. The van der Waals surface area contributed by atoms with E-state index in [9.17, 15) is 9.59 Å². The highest BCUT2D eigenvalue weighted by atomic mass is 16.5. The fraction of sp³-hybridized carbons (Fsp3) is 0.278. The minimum absolute atomic E-state index is 0.127. The van der Waals surface area contributed by atoms with Crippen molar-refractivity contribution < 1.29 is 9.53 Å². The third-order valence-corrected chi connectivity index (χ3v) is 3.79. The molecule has 0 fully saturated rings. The molecule has 130 valence electrons. The van der Waals surface area contributed by atoms with Crippen molar-refractivity contribution in [1.82, 2.24) is 19.5 Å². The summed E-state index contributed by atoms with van der Waals surface area (Å²) in [5.41, 5.74) is 1.21. The van der Waals surface area contributed by atoms with Crippen LogP contribution in [0.15, 0.2) is 53.5 Å². The Kier molecular flexibility index (Phi) is 4.83. The zero-order valence-corrected chi connectivity index (χ0v) is 14.2. The minimum atomic E-state index is -0.338. The Morgan fingerprint density at radius 3 is 2.76 bits per heavy atom. The maximum atomic E-state index is 12.1. The molecule has 1 atom stereocenters. The highest BCUT2D eigenvalue weighted by Crippen LogP contribution is 2.17. The second kappa shape index (κ2) is 7.21.